The lowest BCUT2D eigenvalue weighted by atomic mass is 10.1. The molecule has 24 heavy (non-hydrogen) atoms. The number of rotatable bonds is 3. The molecule has 0 bridgehead atoms. The van der Waals surface area contributed by atoms with E-state index in [4.69, 9.17) is 16.3 Å². The van der Waals surface area contributed by atoms with Crippen LogP contribution in [0.3, 0.4) is 0 Å². The minimum absolute atomic E-state index is 0.276. The van der Waals surface area contributed by atoms with Crippen LogP contribution in [0.2, 0.25) is 5.02 Å². The lowest BCUT2D eigenvalue weighted by Crippen LogP contribution is -2.18. The summed E-state index contributed by atoms with van der Waals surface area (Å²) in [6.45, 7) is 1.74. The zero-order valence-corrected chi connectivity index (χ0v) is 13.8. The highest BCUT2D eigenvalue weighted by atomic mass is 35.5. The number of hydrogen-bond donors (Lipinski definition) is 1. The van der Waals surface area contributed by atoms with Gasteiger partial charge in [0, 0.05) is 6.20 Å². The van der Waals surface area contributed by atoms with Crippen molar-refractivity contribution in [3.63, 3.8) is 0 Å². The SMILES string of the molecule is COC(=O)c1ccccc1NC(=O)c1c(C)nc2ccc(Cl)cn12. The van der Waals surface area contributed by atoms with Gasteiger partial charge in [0.15, 0.2) is 0 Å². The number of amides is 1. The zero-order valence-electron chi connectivity index (χ0n) is 13.0. The number of carbonyl (C=O) groups is 2. The lowest BCUT2D eigenvalue weighted by molar-refractivity contribution is 0.0602. The number of pyridine rings is 1. The van der Waals surface area contributed by atoms with Crippen molar-refractivity contribution in [2.24, 2.45) is 0 Å². The Kier molecular flexibility index (Phi) is 4.22. The molecule has 6 nitrogen and oxygen atoms in total. The lowest BCUT2D eigenvalue weighted by Gasteiger charge is -2.10. The maximum atomic E-state index is 12.7. The molecule has 0 spiro atoms. The fourth-order valence-corrected chi connectivity index (χ4v) is 2.63. The highest BCUT2D eigenvalue weighted by molar-refractivity contribution is 6.30. The van der Waals surface area contributed by atoms with Crippen LogP contribution in [0, 0.1) is 6.92 Å². The molecule has 3 aromatic rings. The summed E-state index contributed by atoms with van der Waals surface area (Å²) >= 11 is 6.01. The monoisotopic (exact) mass is 343 g/mol. The van der Waals surface area contributed by atoms with Crippen molar-refractivity contribution >= 4 is 34.8 Å². The number of esters is 1. The molecule has 1 aromatic carbocycles. The van der Waals surface area contributed by atoms with E-state index >= 15 is 0 Å². The number of nitrogens with zero attached hydrogens (tertiary/aromatic N) is 2. The molecule has 0 radical (unpaired) electrons. The van der Waals surface area contributed by atoms with Gasteiger partial charge in [-0.3, -0.25) is 9.20 Å². The normalized spacial score (nSPS) is 10.6. The van der Waals surface area contributed by atoms with Crippen LogP contribution in [-0.4, -0.2) is 28.4 Å². The zero-order chi connectivity index (χ0) is 17.3. The highest BCUT2D eigenvalue weighted by Gasteiger charge is 2.19. The Balaban J connectivity index is 2.01. The number of para-hydroxylation sites is 1. The second-order valence-electron chi connectivity index (χ2n) is 5.11. The Labute approximate surface area is 143 Å². The Hall–Kier alpha value is -2.86. The van der Waals surface area contributed by atoms with Crippen molar-refractivity contribution in [2.75, 3.05) is 12.4 Å². The molecule has 0 unspecified atom stereocenters. The van der Waals surface area contributed by atoms with Gasteiger partial charge in [-0.1, -0.05) is 23.7 Å². The summed E-state index contributed by atoms with van der Waals surface area (Å²) in [4.78, 5) is 28.9. The number of aromatic nitrogens is 2. The molecule has 1 amide bonds. The number of carbonyl (C=O) groups excluding carboxylic acids is 2. The number of benzene rings is 1. The summed E-state index contributed by atoms with van der Waals surface area (Å²) in [5.41, 5.74) is 2.17. The predicted molar refractivity (Wildman–Crippen MR) is 90.7 cm³/mol. The number of aryl methyl sites for hydroxylation is 1. The third-order valence-electron chi connectivity index (χ3n) is 3.55. The summed E-state index contributed by atoms with van der Waals surface area (Å²) in [5, 5.41) is 3.23. The number of anilines is 1. The van der Waals surface area contributed by atoms with Crippen molar-refractivity contribution in [3.8, 4) is 0 Å². The number of ether oxygens (including phenoxy) is 1. The third kappa shape index (κ3) is 2.83. The van der Waals surface area contributed by atoms with Gasteiger partial charge >= 0.3 is 5.97 Å². The van der Waals surface area contributed by atoms with E-state index in [1.54, 1.807) is 53.9 Å². The number of halogens is 1. The highest BCUT2D eigenvalue weighted by Crippen LogP contribution is 2.20. The van der Waals surface area contributed by atoms with Crippen LogP contribution >= 0.6 is 11.6 Å². The molecule has 0 aliphatic heterocycles. The molecule has 0 aliphatic carbocycles. The van der Waals surface area contributed by atoms with Gasteiger partial charge in [0.05, 0.1) is 29.1 Å². The first kappa shape index (κ1) is 16.0. The van der Waals surface area contributed by atoms with Gasteiger partial charge in [-0.2, -0.15) is 0 Å². The molecular formula is C17H14ClN3O3. The Bertz CT molecular complexity index is 949. The molecule has 0 saturated heterocycles. The summed E-state index contributed by atoms with van der Waals surface area (Å²) in [6, 6.07) is 10.1. The van der Waals surface area contributed by atoms with E-state index in [9.17, 15) is 9.59 Å². The van der Waals surface area contributed by atoms with Crippen molar-refractivity contribution < 1.29 is 14.3 Å². The van der Waals surface area contributed by atoms with Crippen molar-refractivity contribution in [1.29, 1.82) is 0 Å². The smallest absolute Gasteiger partial charge is 0.339 e. The number of hydrogen-bond acceptors (Lipinski definition) is 4. The predicted octanol–water partition coefficient (Wildman–Crippen LogP) is 3.34. The average Bonchev–Trinajstić information content (AvgIpc) is 2.89. The molecule has 0 aliphatic rings. The van der Waals surface area contributed by atoms with E-state index in [-0.39, 0.29) is 5.56 Å². The van der Waals surface area contributed by atoms with Crippen LogP contribution in [0.4, 0.5) is 5.69 Å². The van der Waals surface area contributed by atoms with E-state index in [1.165, 1.54) is 7.11 Å². The molecule has 0 saturated carbocycles. The molecular weight excluding hydrogens is 330 g/mol. The molecule has 0 atom stereocenters. The number of fused-ring (bicyclic) bond motifs is 1. The first-order chi connectivity index (χ1) is 11.5. The molecule has 3 rings (SSSR count). The largest absolute Gasteiger partial charge is 0.465 e. The second kappa shape index (κ2) is 6.33. The third-order valence-corrected chi connectivity index (χ3v) is 3.78. The van der Waals surface area contributed by atoms with Crippen LogP contribution in [-0.2, 0) is 4.74 Å². The Morgan fingerprint density at radius 1 is 1.21 bits per heavy atom. The van der Waals surface area contributed by atoms with Gasteiger partial charge in [-0.15, -0.1) is 0 Å². The van der Waals surface area contributed by atoms with Crippen LogP contribution < -0.4 is 5.32 Å². The van der Waals surface area contributed by atoms with Gasteiger partial charge in [0.1, 0.15) is 11.3 Å². The van der Waals surface area contributed by atoms with Crippen LogP contribution in [0.1, 0.15) is 26.5 Å². The minimum atomic E-state index is -0.524. The van der Waals surface area contributed by atoms with Gasteiger partial charge < -0.3 is 10.1 Å². The number of imidazole rings is 1. The van der Waals surface area contributed by atoms with E-state index in [2.05, 4.69) is 10.3 Å². The van der Waals surface area contributed by atoms with Gasteiger partial charge in [-0.05, 0) is 31.2 Å². The molecule has 0 fully saturated rings. The topological polar surface area (TPSA) is 72.7 Å². The Morgan fingerprint density at radius 3 is 2.71 bits per heavy atom. The molecule has 2 aromatic heterocycles. The maximum absolute atomic E-state index is 12.7. The first-order valence-corrected chi connectivity index (χ1v) is 7.52. The fraction of sp³-hybridized carbons (Fsp3) is 0.118. The van der Waals surface area contributed by atoms with Crippen molar-refractivity contribution in [3.05, 3.63) is 64.6 Å². The van der Waals surface area contributed by atoms with Gasteiger partial charge in [0.25, 0.3) is 5.91 Å². The van der Waals surface area contributed by atoms with E-state index < -0.39 is 11.9 Å². The second-order valence-corrected chi connectivity index (χ2v) is 5.55. The minimum Gasteiger partial charge on any atom is -0.465 e. The van der Waals surface area contributed by atoms with E-state index in [0.717, 1.165) is 0 Å². The Morgan fingerprint density at radius 2 is 1.96 bits per heavy atom. The number of nitrogens with one attached hydrogen (secondary N) is 1. The number of methoxy groups -OCH3 is 1. The average molecular weight is 344 g/mol. The van der Waals surface area contributed by atoms with Crippen LogP contribution in [0.5, 0.6) is 0 Å². The van der Waals surface area contributed by atoms with Gasteiger partial charge in [0.2, 0.25) is 0 Å². The fourth-order valence-electron chi connectivity index (χ4n) is 2.47. The summed E-state index contributed by atoms with van der Waals surface area (Å²) in [5.74, 6) is -0.914. The maximum Gasteiger partial charge on any atom is 0.339 e. The standard InChI is InChI=1S/C17H14ClN3O3/c1-10-15(21-9-11(18)7-8-14(21)19-10)16(22)20-13-6-4-3-5-12(13)17(23)24-2/h3-9H,1-2H3,(H,20,22). The summed E-state index contributed by atoms with van der Waals surface area (Å²) < 4.78 is 6.35. The quantitative estimate of drug-likeness (QED) is 0.740. The first-order valence-electron chi connectivity index (χ1n) is 7.14. The summed E-state index contributed by atoms with van der Waals surface area (Å²) in [7, 11) is 1.29. The van der Waals surface area contributed by atoms with Crippen molar-refractivity contribution in [2.45, 2.75) is 6.92 Å². The molecule has 2 heterocycles. The van der Waals surface area contributed by atoms with E-state index in [1.807, 2.05) is 0 Å². The van der Waals surface area contributed by atoms with E-state index in [0.29, 0.717) is 27.7 Å². The van der Waals surface area contributed by atoms with Gasteiger partial charge in [-0.25, -0.2) is 9.78 Å². The van der Waals surface area contributed by atoms with Crippen LogP contribution in [0.15, 0.2) is 42.6 Å². The van der Waals surface area contributed by atoms with Crippen molar-refractivity contribution in [1.82, 2.24) is 9.38 Å². The molecule has 1 N–H and O–H groups in total. The van der Waals surface area contributed by atoms with Crippen LogP contribution in [0.25, 0.3) is 5.65 Å². The molecule has 7 heteroatoms. The summed E-state index contributed by atoms with van der Waals surface area (Å²) in [6.07, 6.45) is 1.62. The molecule has 122 valence electrons.